The summed E-state index contributed by atoms with van der Waals surface area (Å²) >= 11 is 0. The second-order valence-electron chi connectivity index (χ2n) is 3.83. The van der Waals surface area contributed by atoms with E-state index in [0.717, 1.165) is 0 Å². The molecule has 1 aliphatic rings. The molecular formula is C14H17NO4. The molecule has 0 radical (unpaired) electrons. The molecule has 0 saturated heterocycles. The Hall–Kier alpha value is -2.30. The number of hydrogen-bond acceptors (Lipinski definition) is 5. The van der Waals surface area contributed by atoms with Crippen LogP contribution < -0.4 is 5.73 Å². The van der Waals surface area contributed by atoms with Crippen molar-refractivity contribution in [2.45, 2.75) is 12.8 Å². The average Bonchev–Trinajstić information content (AvgIpc) is 2.39. The van der Waals surface area contributed by atoms with Crippen molar-refractivity contribution in [1.29, 1.82) is 0 Å². The van der Waals surface area contributed by atoms with Crippen molar-refractivity contribution in [3.63, 3.8) is 0 Å². The van der Waals surface area contributed by atoms with E-state index in [1.54, 1.807) is 0 Å². The summed E-state index contributed by atoms with van der Waals surface area (Å²) in [5, 5.41) is 0. The maximum atomic E-state index is 12.0. The Labute approximate surface area is 112 Å². The summed E-state index contributed by atoms with van der Waals surface area (Å²) in [6.07, 6.45) is 4.49. The maximum absolute atomic E-state index is 12.0. The number of ketones is 2. The van der Waals surface area contributed by atoms with E-state index in [1.165, 1.54) is 18.6 Å². The Kier molecular flexibility index (Phi) is 5.60. The highest BCUT2D eigenvalue weighted by Gasteiger charge is 2.25. The van der Waals surface area contributed by atoms with Crippen LogP contribution in [0.1, 0.15) is 12.8 Å². The molecule has 1 rings (SSSR count). The lowest BCUT2D eigenvalue weighted by Crippen LogP contribution is -2.25. The number of Topliss-reactive ketones (excluding diaryl/α,β-unsaturated/α-hetero) is 1. The Balaban J connectivity index is 2.73. The first-order valence-corrected chi connectivity index (χ1v) is 5.85. The summed E-state index contributed by atoms with van der Waals surface area (Å²) in [5.74, 6) is -0.570. The summed E-state index contributed by atoms with van der Waals surface area (Å²) in [7, 11) is 0. The van der Waals surface area contributed by atoms with Gasteiger partial charge in [-0.25, -0.2) is 0 Å². The van der Waals surface area contributed by atoms with Crippen LogP contribution in [0, 0.1) is 0 Å². The third kappa shape index (κ3) is 3.84. The lowest BCUT2D eigenvalue weighted by Gasteiger charge is -2.16. The fourth-order valence-electron chi connectivity index (χ4n) is 1.69. The van der Waals surface area contributed by atoms with Crippen LogP contribution in [0.25, 0.3) is 0 Å². The fraction of sp³-hybridized carbons (Fsp3) is 0.286. The third-order valence-corrected chi connectivity index (χ3v) is 2.66. The van der Waals surface area contributed by atoms with Gasteiger partial charge in [0.15, 0.2) is 5.78 Å². The van der Waals surface area contributed by atoms with E-state index in [0.29, 0.717) is 17.6 Å². The topological polar surface area (TPSA) is 78.6 Å². The van der Waals surface area contributed by atoms with Crippen molar-refractivity contribution in [3.8, 4) is 0 Å². The Bertz CT molecular complexity index is 460. The predicted octanol–water partition coefficient (Wildman–Crippen LogP) is 1.38. The molecule has 0 aromatic carbocycles. The van der Waals surface area contributed by atoms with Crippen LogP contribution in [-0.2, 0) is 19.1 Å². The Morgan fingerprint density at radius 3 is 2.26 bits per heavy atom. The van der Waals surface area contributed by atoms with Crippen LogP contribution in [0.2, 0.25) is 0 Å². The summed E-state index contributed by atoms with van der Waals surface area (Å²) < 4.78 is 9.87. The van der Waals surface area contributed by atoms with Crippen molar-refractivity contribution < 1.29 is 19.1 Å². The molecule has 19 heavy (non-hydrogen) atoms. The number of hydrogen-bond donors (Lipinski definition) is 1. The molecule has 5 heteroatoms. The number of carbonyl (C=O) groups excluding carboxylic acids is 2. The van der Waals surface area contributed by atoms with Crippen LogP contribution in [0.5, 0.6) is 0 Å². The molecule has 0 bridgehead atoms. The zero-order chi connectivity index (χ0) is 14.3. The number of allylic oxidation sites excluding steroid dienone is 2. The van der Waals surface area contributed by atoms with Crippen molar-refractivity contribution >= 4 is 11.6 Å². The molecule has 0 aliphatic heterocycles. The molecule has 2 N–H and O–H groups in total. The first kappa shape index (κ1) is 14.8. The van der Waals surface area contributed by atoms with Gasteiger partial charge in [0.2, 0.25) is 5.78 Å². The standard InChI is InChI=1S/C14H17NO4/c1-3-18-7-5-10-9-12(16)11(6-8-19-4-2)13(15)14(10)17/h3-4,9H,1-2,5-8,15H2. The minimum absolute atomic E-state index is 0.00577. The molecule has 0 saturated carbocycles. The van der Waals surface area contributed by atoms with Crippen LogP contribution in [0.15, 0.2) is 48.6 Å². The Morgan fingerprint density at radius 2 is 1.68 bits per heavy atom. The predicted molar refractivity (Wildman–Crippen MR) is 70.8 cm³/mol. The lowest BCUT2D eigenvalue weighted by atomic mass is 9.91. The first-order valence-electron chi connectivity index (χ1n) is 5.85. The van der Waals surface area contributed by atoms with Gasteiger partial charge in [-0.15, -0.1) is 0 Å². The number of rotatable bonds is 8. The van der Waals surface area contributed by atoms with Gasteiger partial charge in [-0.3, -0.25) is 9.59 Å². The first-order chi connectivity index (χ1) is 9.11. The number of carbonyl (C=O) groups is 2. The zero-order valence-electron chi connectivity index (χ0n) is 10.7. The van der Waals surface area contributed by atoms with Gasteiger partial charge in [0.25, 0.3) is 0 Å². The smallest absolute Gasteiger partial charge is 0.205 e. The molecule has 0 spiro atoms. The van der Waals surface area contributed by atoms with Gasteiger partial charge < -0.3 is 15.2 Å². The highest BCUT2D eigenvalue weighted by atomic mass is 16.5. The molecule has 0 atom stereocenters. The summed E-state index contributed by atoms with van der Waals surface area (Å²) in [5.41, 5.74) is 6.36. The second kappa shape index (κ2) is 7.20. The van der Waals surface area contributed by atoms with Crippen molar-refractivity contribution in [1.82, 2.24) is 0 Å². The minimum Gasteiger partial charge on any atom is -0.501 e. The molecule has 0 amide bonds. The number of nitrogens with two attached hydrogens (primary N) is 1. The molecule has 0 aromatic rings. The SMILES string of the molecule is C=COCCC1=CC(=O)C(CCOC=C)=C(N)C1=O. The van der Waals surface area contributed by atoms with Crippen LogP contribution in [-0.4, -0.2) is 24.8 Å². The quantitative estimate of drug-likeness (QED) is 0.406. The normalized spacial score (nSPS) is 15.1. The second-order valence-corrected chi connectivity index (χ2v) is 3.83. The molecule has 0 heterocycles. The van der Waals surface area contributed by atoms with Gasteiger partial charge in [0.05, 0.1) is 31.4 Å². The monoisotopic (exact) mass is 263 g/mol. The summed E-state index contributed by atoms with van der Waals surface area (Å²) in [6, 6.07) is 0. The van der Waals surface area contributed by atoms with Gasteiger partial charge in [0.1, 0.15) is 0 Å². The van der Waals surface area contributed by atoms with E-state index in [9.17, 15) is 9.59 Å². The highest BCUT2D eigenvalue weighted by molar-refractivity contribution is 6.22. The highest BCUT2D eigenvalue weighted by Crippen LogP contribution is 2.20. The molecular weight excluding hydrogens is 246 g/mol. The zero-order valence-corrected chi connectivity index (χ0v) is 10.7. The molecule has 0 fully saturated rings. The van der Waals surface area contributed by atoms with E-state index in [4.69, 9.17) is 15.2 Å². The van der Waals surface area contributed by atoms with Gasteiger partial charge >= 0.3 is 0 Å². The fourth-order valence-corrected chi connectivity index (χ4v) is 1.69. The molecule has 102 valence electrons. The van der Waals surface area contributed by atoms with E-state index in [2.05, 4.69) is 13.2 Å². The minimum atomic E-state index is -0.319. The van der Waals surface area contributed by atoms with Crippen LogP contribution in [0.3, 0.4) is 0 Å². The van der Waals surface area contributed by atoms with Crippen molar-refractivity contribution in [2.24, 2.45) is 5.73 Å². The van der Waals surface area contributed by atoms with Crippen molar-refractivity contribution in [3.05, 3.63) is 48.6 Å². The third-order valence-electron chi connectivity index (χ3n) is 2.66. The summed E-state index contributed by atoms with van der Waals surface area (Å²) in [4.78, 5) is 23.8. The van der Waals surface area contributed by atoms with Gasteiger partial charge in [-0.2, -0.15) is 0 Å². The Morgan fingerprint density at radius 1 is 1.11 bits per heavy atom. The molecule has 0 aromatic heterocycles. The summed E-state index contributed by atoms with van der Waals surface area (Å²) in [6.45, 7) is 7.34. The van der Waals surface area contributed by atoms with E-state index in [1.807, 2.05) is 0 Å². The molecule has 1 aliphatic carbocycles. The maximum Gasteiger partial charge on any atom is 0.205 e. The van der Waals surface area contributed by atoms with Gasteiger partial charge in [-0.05, 0) is 6.08 Å². The molecule has 0 unspecified atom stereocenters. The van der Waals surface area contributed by atoms with Crippen molar-refractivity contribution in [2.75, 3.05) is 13.2 Å². The van der Waals surface area contributed by atoms with Crippen LogP contribution in [0.4, 0.5) is 0 Å². The number of ether oxygens (including phenoxy) is 2. The van der Waals surface area contributed by atoms with Gasteiger partial charge in [-0.1, -0.05) is 13.2 Å². The van der Waals surface area contributed by atoms with E-state index in [-0.39, 0.29) is 36.9 Å². The molecule has 5 nitrogen and oxygen atoms in total. The lowest BCUT2D eigenvalue weighted by molar-refractivity contribution is -0.116. The average molecular weight is 263 g/mol. The van der Waals surface area contributed by atoms with Crippen LogP contribution >= 0.6 is 0 Å². The largest absolute Gasteiger partial charge is 0.501 e. The van der Waals surface area contributed by atoms with E-state index >= 15 is 0 Å². The van der Waals surface area contributed by atoms with Gasteiger partial charge in [0, 0.05) is 24.0 Å². The van der Waals surface area contributed by atoms with E-state index < -0.39 is 0 Å².